The molecule has 4 amide bonds. The van der Waals surface area contributed by atoms with Crippen molar-refractivity contribution < 1.29 is 29.1 Å². The highest BCUT2D eigenvalue weighted by molar-refractivity contribution is 5.94. The zero-order valence-corrected chi connectivity index (χ0v) is 28.8. The molecule has 1 unspecified atom stereocenters. The van der Waals surface area contributed by atoms with Crippen molar-refractivity contribution in [2.24, 2.45) is 11.7 Å². The minimum Gasteiger partial charge on any atom is -0.481 e. The summed E-state index contributed by atoms with van der Waals surface area (Å²) in [6.07, 6.45) is 2.55. The Morgan fingerprint density at radius 2 is 1.24 bits per heavy atom. The lowest BCUT2D eigenvalue weighted by molar-refractivity contribution is -0.141. The number of carboxylic acid groups (broad SMARTS) is 1. The van der Waals surface area contributed by atoms with Crippen LogP contribution in [0.4, 0.5) is 0 Å². The van der Waals surface area contributed by atoms with Gasteiger partial charge in [0, 0.05) is 24.9 Å². The molecule has 4 aromatic carbocycles. The van der Waals surface area contributed by atoms with E-state index in [1.54, 1.807) is 19.1 Å². The summed E-state index contributed by atoms with van der Waals surface area (Å²) in [5.41, 5.74) is 11.0. The van der Waals surface area contributed by atoms with Gasteiger partial charge in [0.25, 0.3) is 5.91 Å². The number of hydrogen-bond acceptors (Lipinski definition) is 5. The van der Waals surface area contributed by atoms with E-state index in [0.29, 0.717) is 37.7 Å². The highest BCUT2D eigenvalue weighted by Gasteiger charge is 2.26. The number of aryl methyl sites for hydroxylation is 2. The first kappa shape index (κ1) is 38.0. The molecule has 0 fully saturated rings. The second-order valence-corrected chi connectivity index (χ2v) is 12.7. The SMILES string of the molecule is C[C@@H](CCc1ccc(C(=O)NCCCC(=O)NC(CCc2ccccc2)C(=O)N[C@@H](Cc2ccc(-c3ccccc3)cc2)C(N)=O)cc1)C(=O)O. The van der Waals surface area contributed by atoms with Gasteiger partial charge in [-0.2, -0.15) is 0 Å². The lowest BCUT2D eigenvalue weighted by Crippen LogP contribution is -2.53. The summed E-state index contributed by atoms with van der Waals surface area (Å²) in [7, 11) is 0. The molecular formula is C41H46N4O6. The number of carboxylic acids is 1. The van der Waals surface area contributed by atoms with Crippen molar-refractivity contribution in [2.45, 2.75) is 64.0 Å². The van der Waals surface area contributed by atoms with Crippen LogP contribution >= 0.6 is 0 Å². The summed E-state index contributed by atoms with van der Waals surface area (Å²) in [6, 6.07) is 32.3. The van der Waals surface area contributed by atoms with Crippen molar-refractivity contribution in [3.05, 3.63) is 131 Å². The number of carbonyl (C=O) groups excluding carboxylic acids is 4. The van der Waals surface area contributed by atoms with E-state index < -0.39 is 35.8 Å². The molecule has 0 aromatic heterocycles. The second-order valence-electron chi connectivity index (χ2n) is 12.7. The number of rotatable bonds is 19. The zero-order chi connectivity index (χ0) is 36.6. The standard InChI is InChI=1S/C41H46N4O6/c1-28(41(50)51)14-15-30-16-23-34(24-17-30)39(48)43-26-8-13-37(46)44-35(25-20-29-9-4-2-5-10-29)40(49)45-36(38(42)47)27-31-18-21-33(22-19-31)32-11-6-3-7-12-32/h2-7,9-12,16-19,21-24,28,35-36H,8,13-15,20,25-27H2,1H3,(H2,42,47)(H,43,48)(H,44,46)(H,45,49)(H,50,51)/t28-,35?,36-/m0/s1. The zero-order valence-electron chi connectivity index (χ0n) is 28.8. The summed E-state index contributed by atoms with van der Waals surface area (Å²) >= 11 is 0. The quantitative estimate of drug-likeness (QED) is 0.0883. The van der Waals surface area contributed by atoms with Crippen LogP contribution in [0.5, 0.6) is 0 Å². The summed E-state index contributed by atoms with van der Waals surface area (Å²) in [5.74, 6) is -3.10. The van der Waals surface area contributed by atoms with Crippen LogP contribution in [-0.2, 0) is 38.4 Å². The molecule has 0 radical (unpaired) electrons. The molecule has 4 aromatic rings. The topological polar surface area (TPSA) is 168 Å². The molecule has 0 heterocycles. The van der Waals surface area contributed by atoms with Gasteiger partial charge in [-0.1, -0.05) is 104 Å². The molecule has 51 heavy (non-hydrogen) atoms. The molecule has 0 spiro atoms. The van der Waals surface area contributed by atoms with E-state index >= 15 is 0 Å². The van der Waals surface area contributed by atoms with Gasteiger partial charge in [-0.3, -0.25) is 24.0 Å². The van der Waals surface area contributed by atoms with Gasteiger partial charge in [0.15, 0.2) is 0 Å². The normalized spacial score (nSPS) is 12.6. The molecule has 10 nitrogen and oxygen atoms in total. The summed E-state index contributed by atoms with van der Waals surface area (Å²) in [5, 5.41) is 17.5. The summed E-state index contributed by atoms with van der Waals surface area (Å²) < 4.78 is 0. The summed E-state index contributed by atoms with van der Waals surface area (Å²) in [4.78, 5) is 62.7. The molecule has 3 atom stereocenters. The highest BCUT2D eigenvalue weighted by atomic mass is 16.4. The first-order valence-corrected chi connectivity index (χ1v) is 17.3. The number of nitrogens with two attached hydrogens (primary N) is 1. The van der Waals surface area contributed by atoms with Crippen LogP contribution < -0.4 is 21.7 Å². The van der Waals surface area contributed by atoms with Gasteiger partial charge in [0.2, 0.25) is 17.7 Å². The monoisotopic (exact) mass is 690 g/mol. The average Bonchev–Trinajstić information content (AvgIpc) is 3.14. The number of benzene rings is 4. The van der Waals surface area contributed by atoms with Crippen LogP contribution in [0.3, 0.4) is 0 Å². The number of aliphatic carboxylic acids is 1. The third-order valence-electron chi connectivity index (χ3n) is 8.75. The molecule has 6 N–H and O–H groups in total. The van der Waals surface area contributed by atoms with Crippen molar-refractivity contribution in [1.29, 1.82) is 0 Å². The molecule has 266 valence electrons. The van der Waals surface area contributed by atoms with Crippen molar-refractivity contribution in [3.63, 3.8) is 0 Å². The fraction of sp³-hybridized carbons (Fsp3) is 0.293. The van der Waals surface area contributed by atoms with E-state index in [1.165, 1.54) is 0 Å². The predicted octanol–water partition coefficient (Wildman–Crippen LogP) is 4.85. The molecule has 0 aliphatic rings. The van der Waals surface area contributed by atoms with Crippen molar-refractivity contribution in [1.82, 2.24) is 16.0 Å². The third-order valence-corrected chi connectivity index (χ3v) is 8.75. The van der Waals surface area contributed by atoms with Crippen molar-refractivity contribution >= 4 is 29.6 Å². The molecule has 0 saturated heterocycles. The molecule has 0 bridgehead atoms. The number of amides is 4. The van der Waals surface area contributed by atoms with Crippen LogP contribution in [0.15, 0.2) is 109 Å². The average molecular weight is 691 g/mol. The van der Waals surface area contributed by atoms with Crippen LogP contribution in [-0.4, -0.2) is 53.3 Å². The lowest BCUT2D eigenvalue weighted by Gasteiger charge is -2.22. The third kappa shape index (κ3) is 12.6. The molecule has 0 aliphatic carbocycles. The van der Waals surface area contributed by atoms with Crippen LogP contribution in [0.25, 0.3) is 11.1 Å². The van der Waals surface area contributed by atoms with Gasteiger partial charge < -0.3 is 26.8 Å². The van der Waals surface area contributed by atoms with Crippen molar-refractivity contribution in [3.8, 4) is 11.1 Å². The van der Waals surface area contributed by atoms with Gasteiger partial charge >= 0.3 is 5.97 Å². The smallest absolute Gasteiger partial charge is 0.306 e. The molecule has 10 heteroatoms. The van der Waals surface area contributed by atoms with Gasteiger partial charge in [0.1, 0.15) is 12.1 Å². The Morgan fingerprint density at radius 3 is 1.86 bits per heavy atom. The Kier molecular flexibility index (Phi) is 14.5. The van der Waals surface area contributed by atoms with Gasteiger partial charge in [-0.15, -0.1) is 0 Å². The minimum absolute atomic E-state index is 0.0725. The summed E-state index contributed by atoms with van der Waals surface area (Å²) in [6.45, 7) is 1.91. The van der Waals surface area contributed by atoms with Crippen molar-refractivity contribution in [2.75, 3.05) is 6.54 Å². The number of primary amides is 1. The van der Waals surface area contributed by atoms with E-state index in [9.17, 15) is 24.0 Å². The van der Waals surface area contributed by atoms with Crippen LogP contribution in [0, 0.1) is 5.92 Å². The highest BCUT2D eigenvalue weighted by Crippen LogP contribution is 2.20. The van der Waals surface area contributed by atoms with E-state index in [4.69, 9.17) is 10.8 Å². The van der Waals surface area contributed by atoms with E-state index in [-0.39, 0.29) is 31.2 Å². The Bertz CT molecular complexity index is 1740. The fourth-order valence-electron chi connectivity index (χ4n) is 5.57. The number of hydrogen-bond donors (Lipinski definition) is 5. The Balaban J connectivity index is 1.29. The first-order chi connectivity index (χ1) is 24.6. The Hall–Kier alpha value is -5.77. The molecule has 4 rings (SSSR count). The minimum atomic E-state index is -0.978. The second kappa shape index (κ2) is 19.4. The van der Waals surface area contributed by atoms with Gasteiger partial charge in [-0.25, -0.2) is 0 Å². The van der Waals surface area contributed by atoms with Crippen LogP contribution in [0.1, 0.15) is 59.7 Å². The van der Waals surface area contributed by atoms with Crippen LogP contribution in [0.2, 0.25) is 0 Å². The van der Waals surface area contributed by atoms with Gasteiger partial charge in [-0.05, 0) is 72.1 Å². The maximum atomic E-state index is 13.5. The Labute approximate surface area is 298 Å². The lowest BCUT2D eigenvalue weighted by atomic mass is 9.99. The molecule has 0 aliphatic heterocycles. The number of carbonyl (C=O) groups is 5. The molecule has 0 saturated carbocycles. The fourth-order valence-corrected chi connectivity index (χ4v) is 5.57. The van der Waals surface area contributed by atoms with E-state index in [0.717, 1.165) is 27.8 Å². The first-order valence-electron chi connectivity index (χ1n) is 17.3. The van der Waals surface area contributed by atoms with E-state index in [2.05, 4.69) is 16.0 Å². The maximum Gasteiger partial charge on any atom is 0.306 e. The molecular weight excluding hydrogens is 644 g/mol. The predicted molar refractivity (Wildman–Crippen MR) is 197 cm³/mol. The Morgan fingerprint density at radius 1 is 0.667 bits per heavy atom. The maximum absolute atomic E-state index is 13.5. The number of nitrogens with one attached hydrogen (secondary N) is 3. The largest absolute Gasteiger partial charge is 0.481 e. The van der Waals surface area contributed by atoms with Gasteiger partial charge in [0.05, 0.1) is 5.92 Å². The van der Waals surface area contributed by atoms with E-state index in [1.807, 2.05) is 97.1 Å².